The molecule has 1 atom stereocenters. The lowest BCUT2D eigenvalue weighted by molar-refractivity contribution is -0.119. The summed E-state index contributed by atoms with van der Waals surface area (Å²) < 4.78 is 6.72. The lowest BCUT2D eigenvalue weighted by Crippen LogP contribution is -2.24. The van der Waals surface area contributed by atoms with Gasteiger partial charge in [0.25, 0.3) is 0 Å². The lowest BCUT2D eigenvalue weighted by Gasteiger charge is -2.07. The second kappa shape index (κ2) is 7.35. The minimum Gasteiger partial charge on any atom is -0.383 e. The van der Waals surface area contributed by atoms with Crippen molar-refractivity contribution in [3.05, 3.63) is 12.3 Å². The van der Waals surface area contributed by atoms with Crippen molar-refractivity contribution in [2.75, 3.05) is 32.1 Å². The minimum absolute atomic E-state index is 0. The molecule has 2 N–H and O–H groups in total. The van der Waals surface area contributed by atoms with E-state index in [1.807, 2.05) is 6.20 Å². The van der Waals surface area contributed by atoms with E-state index in [9.17, 15) is 4.79 Å². The van der Waals surface area contributed by atoms with Gasteiger partial charge in [0, 0.05) is 25.9 Å². The van der Waals surface area contributed by atoms with Crippen molar-refractivity contribution in [1.82, 2.24) is 15.1 Å². The lowest BCUT2D eigenvalue weighted by atomic mass is 10.1. The molecule has 102 valence electrons. The van der Waals surface area contributed by atoms with Crippen molar-refractivity contribution < 1.29 is 9.53 Å². The maximum atomic E-state index is 11.8. The average molecular weight is 275 g/mol. The van der Waals surface area contributed by atoms with Crippen molar-refractivity contribution in [3.8, 4) is 0 Å². The highest BCUT2D eigenvalue weighted by Gasteiger charge is 2.22. The third-order valence-electron chi connectivity index (χ3n) is 2.85. The van der Waals surface area contributed by atoms with E-state index < -0.39 is 0 Å². The van der Waals surface area contributed by atoms with Crippen LogP contribution in [-0.4, -0.2) is 42.5 Å². The first-order chi connectivity index (χ1) is 8.29. The molecule has 2 heterocycles. The Labute approximate surface area is 112 Å². The molecule has 1 aliphatic rings. The van der Waals surface area contributed by atoms with Crippen molar-refractivity contribution >= 4 is 24.1 Å². The van der Waals surface area contributed by atoms with E-state index in [1.165, 1.54) is 0 Å². The Morgan fingerprint density at radius 1 is 1.72 bits per heavy atom. The predicted molar refractivity (Wildman–Crippen MR) is 71.0 cm³/mol. The maximum absolute atomic E-state index is 11.8. The number of hydrogen-bond donors (Lipinski definition) is 2. The molecule has 7 heteroatoms. The highest BCUT2D eigenvalue weighted by Crippen LogP contribution is 2.11. The van der Waals surface area contributed by atoms with Gasteiger partial charge in [-0.05, 0) is 13.0 Å². The van der Waals surface area contributed by atoms with E-state index >= 15 is 0 Å². The van der Waals surface area contributed by atoms with Crippen molar-refractivity contribution in [2.24, 2.45) is 5.92 Å². The number of ether oxygens (including phenoxy) is 1. The van der Waals surface area contributed by atoms with Crippen LogP contribution >= 0.6 is 12.4 Å². The number of anilines is 1. The predicted octanol–water partition coefficient (Wildman–Crippen LogP) is 0.499. The van der Waals surface area contributed by atoms with Crippen LogP contribution < -0.4 is 10.6 Å². The summed E-state index contributed by atoms with van der Waals surface area (Å²) in [7, 11) is 1.65. The fourth-order valence-corrected chi connectivity index (χ4v) is 1.84. The van der Waals surface area contributed by atoms with Crippen LogP contribution in [0.4, 0.5) is 5.82 Å². The molecule has 1 unspecified atom stereocenters. The molecule has 0 saturated carbocycles. The van der Waals surface area contributed by atoms with Gasteiger partial charge in [-0.1, -0.05) is 0 Å². The minimum atomic E-state index is 0. The van der Waals surface area contributed by atoms with Crippen LogP contribution in [0.1, 0.15) is 6.42 Å². The SMILES string of the molecule is COCCn1ccc(NC(=O)C2CCNC2)n1.Cl. The summed E-state index contributed by atoms with van der Waals surface area (Å²) in [5.41, 5.74) is 0. The van der Waals surface area contributed by atoms with Gasteiger partial charge in [0.05, 0.1) is 19.1 Å². The topological polar surface area (TPSA) is 68.2 Å². The van der Waals surface area contributed by atoms with Crippen LogP contribution in [0, 0.1) is 5.92 Å². The van der Waals surface area contributed by atoms with Gasteiger partial charge in [0.1, 0.15) is 0 Å². The quantitative estimate of drug-likeness (QED) is 0.820. The number of carbonyl (C=O) groups is 1. The number of amides is 1. The van der Waals surface area contributed by atoms with E-state index in [-0.39, 0.29) is 24.2 Å². The Balaban J connectivity index is 0.00000162. The molecule has 1 aromatic rings. The Morgan fingerprint density at radius 3 is 3.22 bits per heavy atom. The number of rotatable bonds is 5. The third kappa shape index (κ3) is 3.97. The van der Waals surface area contributed by atoms with E-state index in [1.54, 1.807) is 17.9 Å². The molecule has 2 rings (SSSR count). The second-order valence-corrected chi connectivity index (χ2v) is 4.14. The molecule has 1 saturated heterocycles. The van der Waals surface area contributed by atoms with Gasteiger partial charge in [-0.25, -0.2) is 0 Å². The van der Waals surface area contributed by atoms with Gasteiger partial charge < -0.3 is 15.4 Å². The van der Waals surface area contributed by atoms with Crippen LogP contribution in [0.5, 0.6) is 0 Å². The fourth-order valence-electron chi connectivity index (χ4n) is 1.84. The Morgan fingerprint density at radius 2 is 2.56 bits per heavy atom. The normalized spacial score (nSPS) is 18.4. The molecular formula is C11H19ClN4O2. The van der Waals surface area contributed by atoms with Gasteiger partial charge in [-0.2, -0.15) is 5.10 Å². The van der Waals surface area contributed by atoms with E-state index in [0.29, 0.717) is 19.0 Å². The molecule has 0 spiro atoms. The number of nitrogens with one attached hydrogen (secondary N) is 2. The zero-order chi connectivity index (χ0) is 12.1. The van der Waals surface area contributed by atoms with Crippen LogP contribution in [0.2, 0.25) is 0 Å². The van der Waals surface area contributed by atoms with Gasteiger partial charge in [0.2, 0.25) is 5.91 Å². The Hall–Kier alpha value is -1.11. The van der Waals surface area contributed by atoms with E-state index in [0.717, 1.165) is 19.5 Å². The van der Waals surface area contributed by atoms with E-state index in [2.05, 4.69) is 15.7 Å². The van der Waals surface area contributed by atoms with Crippen LogP contribution in [0.25, 0.3) is 0 Å². The summed E-state index contributed by atoms with van der Waals surface area (Å²) in [6.45, 7) is 2.98. The highest BCUT2D eigenvalue weighted by atomic mass is 35.5. The van der Waals surface area contributed by atoms with Crippen LogP contribution in [0.3, 0.4) is 0 Å². The number of aromatic nitrogens is 2. The van der Waals surface area contributed by atoms with Gasteiger partial charge in [0.15, 0.2) is 5.82 Å². The molecule has 18 heavy (non-hydrogen) atoms. The number of hydrogen-bond acceptors (Lipinski definition) is 4. The first-order valence-electron chi connectivity index (χ1n) is 5.83. The van der Waals surface area contributed by atoms with Gasteiger partial charge in [-0.15, -0.1) is 12.4 Å². The zero-order valence-electron chi connectivity index (χ0n) is 10.4. The second-order valence-electron chi connectivity index (χ2n) is 4.14. The summed E-state index contributed by atoms with van der Waals surface area (Å²) >= 11 is 0. The Kier molecular flexibility index (Phi) is 6.11. The number of halogens is 1. The molecule has 0 aliphatic carbocycles. The maximum Gasteiger partial charge on any atom is 0.230 e. The summed E-state index contributed by atoms with van der Waals surface area (Å²) in [6.07, 6.45) is 2.73. The number of nitrogens with zero attached hydrogens (tertiary/aromatic N) is 2. The van der Waals surface area contributed by atoms with Crippen LogP contribution in [-0.2, 0) is 16.1 Å². The highest BCUT2D eigenvalue weighted by molar-refractivity contribution is 5.91. The van der Waals surface area contributed by atoms with Crippen molar-refractivity contribution in [2.45, 2.75) is 13.0 Å². The standard InChI is InChI=1S/C11H18N4O2.ClH/c1-17-7-6-15-5-3-10(14-15)13-11(16)9-2-4-12-8-9;/h3,5,9,12H,2,4,6-8H2,1H3,(H,13,14,16);1H. The van der Waals surface area contributed by atoms with Crippen LogP contribution in [0.15, 0.2) is 12.3 Å². The molecule has 1 amide bonds. The number of methoxy groups -OCH3 is 1. The molecule has 0 aromatic carbocycles. The molecule has 1 aliphatic heterocycles. The summed E-state index contributed by atoms with van der Waals surface area (Å²) in [6, 6.07) is 1.80. The van der Waals surface area contributed by atoms with Crippen molar-refractivity contribution in [1.29, 1.82) is 0 Å². The summed E-state index contributed by atoms with van der Waals surface area (Å²) in [4.78, 5) is 11.8. The zero-order valence-corrected chi connectivity index (χ0v) is 11.2. The smallest absolute Gasteiger partial charge is 0.230 e. The Bertz CT molecular complexity index is 377. The van der Waals surface area contributed by atoms with Crippen molar-refractivity contribution in [3.63, 3.8) is 0 Å². The molecule has 6 nitrogen and oxygen atoms in total. The van der Waals surface area contributed by atoms with Gasteiger partial charge >= 0.3 is 0 Å². The number of carbonyl (C=O) groups excluding carboxylic acids is 1. The molecule has 0 bridgehead atoms. The summed E-state index contributed by atoms with van der Waals surface area (Å²) in [5, 5.41) is 10.2. The first-order valence-corrected chi connectivity index (χ1v) is 5.83. The molecular weight excluding hydrogens is 256 g/mol. The monoisotopic (exact) mass is 274 g/mol. The molecule has 1 aromatic heterocycles. The first kappa shape index (κ1) is 14.9. The third-order valence-corrected chi connectivity index (χ3v) is 2.85. The summed E-state index contributed by atoms with van der Waals surface area (Å²) in [5.74, 6) is 0.726. The fraction of sp³-hybridized carbons (Fsp3) is 0.636. The molecule has 0 radical (unpaired) electrons. The van der Waals surface area contributed by atoms with E-state index in [4.69, 9.17) is 4.74 Å². The molecule has 1 fully saturated rings. The van der Waals surface area contributed by atoms with Gasteiger partial charge in [-0.3, -0.25) is 9.48 Å². The average Bonchev–Trinajstić information content (AvgIpc) is 2.97. The largest absolute Gasteiger partial charge is 0.383 e.